The fourth-order valence-corrected chi connectivity index (χ4v) is 3.24. The van der Waals surface area contributed by atoms with Gasteiger partial charge in [-0.15, -0.1) is 0 Å². The first kappa shape index (κ1) is 17.7. The van der Waals surface area contributed by atoms with E-state index >= 15 is 0 Å². The molecule has 1 fully saturated rings. The fraction of sp³-hybridized carbons (Fsp3) is 0.200. The van der Waals surface area contributed by atoms with Crippen LogP contribution in [0.15, 0.2) is 59.7 Å². The number of fused-ring (bicyclic) bond motifs is 1. The van der Waals surface area contributed by atoms with Gasteiger partial charge in [-0.1, -0.05) is 30.3 Å². The van der Waals surface area contributed by atoms with E-state index in [1.807, 2.05) is 30.3 Å². The highest BCUT2D eigenvalue weighted by Gasteiger charge is 2.55. The molecule has 0 bridgehead atoms. The number of nitrogens with zero attached hydrogens (tertiary/aromatic N) is 2. The van der Waals surface area contributed by atoms with Gasteiger partial charge < -0.3 is 9.47 Å². The zero-order valence-electron chi connectivity index (χ0n) is 15.0. The third-order valence-corrected chi connectivity index (χ3v) is 4.68. The molecule has 2 atom stereocenters. The van der Waals surface area contributed by atoms with Crippen molar-refractivity contribution in [3.8, 4) is 5.75 Å². The van der Waals surface area contributed by atoms with E-state index in [0.717, 1.165) is 10.5 Å². The lowest BCUT2D eigenvalue weighted by atomic mass is 9.99. The second-order valence-corrected chi connectivity index (χ2v) is 6.35. The summed E-state index contributed by atoms with van der Waals surface area (Å²) >= 11 is 0. The maximum atomic E-state index is 12.9. The van der Waals surface area contributed by atoms with Crippen LogP contribution < -0.4 is 15.1 Å². The van der Waals surface area contributed by atoms with Gasteiger partial charge in [0.15, 0.2) is 5.71 Å². The molecule has 0 spiro atoms. The molecule has 8 heteroatoms. The van der Waals surface area contributed by atoms with E-state index in [-0.39, 0.29) is 12.3 Å². The highest BCUT2D eigenvalue weighted by molar-refractivity contribution is 6.46. The number of anilines is 1. The average Bonchev–Trinajstić information content (AvgIpc) is 3.27. The molecule has 0 unspecified atom stereocenters. The van der Waals surface area contributed by atoms with Crippen molar-refractivity contribution in [1.29, 1.82) is 0 Å². The maximum absolute atomic E-state index is 12.9. The summed E-state index contributed by atoms with van der Waals surface area (Å²) < 4.78 is 10.4. The first-order valence-electron chi connectivity index (χ1n) is 8.66. The van der Waals surface area contributed by atoms with E-state index in [2.05, 4.69) is 10.5 Å². The van der Waals surface area contributed by atoms with Gasteiger partial charge in [-0.2, -0.15) is 5.10 Å². The summed E-state index contributed by atoms with van der Waals surface area (Å²) in [5.41, 5.74) is 3.73. The molecule has 0 saturated carbocycles. The van der Waals surface area contributed by atoms with Crippen LogP contribution in [0, 0.1) is 5.92 Å². The molecule has 2 aliphatic rings. The zero-order valence-corrected chi connectivity index (χ0v) is 15.0. The predicted molar refractivity (Wildman–Crippen MR) is 99.6 cm³/mol. The number of carbonyl (C=O) groups excluding carboxylic acids is 3. The number of hydrogen-bond acceptors (Lipinski definition) is 7. The van der Waals surface area contributed by atoms with Crippen LogP contribution in [-0.4, -0.2) is 36.6 Å². The second kappa shape index (κ2) is 7.15. The van der Waals surface area contributed by atoms with Crippen molar-refractivity contribution in [2.24, 2.45) is 11.0 Å². The molecule has 8 nitrogen and oxygen atoms in total. The topological polar surface area (TPSA) is 97.3 Å². The van der Waals surface area contributed by atoms with Gasteiger partial charge in [-0.3, -0.25) is 15.0 Å². The van der Waals surface area contributed by atoms with Crippen LogP contribution in [0.25, 0.3) is 0 Å². The Morgan fingerprint density at radius 1 is 1.07 bits per heavy atom. The van der Waals surface area contributed by atoms with Gasteiger partial charge in [0.25, 0.3) is 5.91 Å². The molecular weight excluding hydrogens is 362 g/mol. The van der Waals surface area contributed by atoms with Gasteiger partial charge >= 0.3 is 5.97 Å². The number of benzene rings is 2. The molecule has 2 aromatic carbocycles. The Morgan fingerprint density at radius 2 is 1.79 bits per heavy atom. The molecule has 2 heterocycles. The van der Waals surface area contributed by atoms with E-state index < -0.39 is 29.7 Å². The quantitative estimate of drug-likeness (QED) is 0.620. The molecule has 2 amide bonds. The summed E-state index contributed by atoms with van der Waals surface area (Å²) in [6, 6.07) is 14.8. The Kier molecular flexibility index (Phi) is 4.52. The van der Waals surface area contributed by atoms with Gasteiger partial charge in [0.1, 0.15) is 24.3 Å². The van der Waals surface area contributed by atoms with Gasteiger partial charge in [0.05, 0.1) is 12.8 Å². The third-order valence-electron chi connectivity index (χ3n) is 4.68. The molecule has 0 aromatic heterocycles. The molecule has 28 heavy (non-hydrogen) atoms. The summed E-state index contributed by atoms with van der Waals surface area (Å²) in [6.45, 7) is 0.0560. The van der Waals surface area contributed by atoms with Crippen LogP contribution in [0.3, 0.4) is 0 Å². The molecule has 0 aliphatic carbocycles. The normalized spacial score (nSPS) is 20.5. The smallest absolute Gasteiger partial charge is 0.355 e. The molecule has 4 rings (SSSR count). The molecule has 0 radical (unpaired) electrons. The summed E-state index contributed by atoms with van der Waals surface area (Å²) in [6.07, 6.45) is 0. The monoisotopic (exact) mass is 379 g/mol. The SMILES string of the molecule is COc1ccc(N2C(=O)[C@H]3C(C(=O)OCc4ccccc4)=NN[C@@H]3C2=O)cc1. The van der Waals surface area contributed by atoms with Crippen LogP contribution in [0.4, 0.5) is 5.69 Å². The van der Waals surface area contributed by atoms with Crippen LogP contribution in [0.1, 0.15) is 5.56 Å². The molecule has 2 aliphatic heterocycles. The number of imide groups is 1. The van der Waals surface area contributed by atoms with E-state index in [9.17, 15) is 14.4 Å². The Morgan fingerprint density at radius 3 is 2.46 bits per heavy atom. The van der Waals surface area contributed by atoms with Gasteiger partial charge in [-0.05, 0) is 29.8 Å². The summed E-state index contributed by atoms with van der Waals surface area (Å²) in [4.78, 5) is 39.1. The maximum Gasteiger partial charge on any atom is 0.355 e. The molecular formula is C20H17N3O5. The Labute approximate surface area is 160 Å². The Hall–Kier alpha value is -3.68. The zero-order chi connectivity index (χ0) is 19.7. The third kappa shape index (κ3) is 2.98. The van der Waals surface area contributed by atoms with Gasteiger partial charge in [0.2, 0.25) is 5.91 Å². The van der Waals surface area contributed by atoms with Crippen molar-refractivity contribution in [2.75, 3.05) is 12.0 Å². The molecule has 142 valence electrons. The number of nitrogens with one attached hydrogen (secondary N) is 1. The number of hydrazone groups is 1. The second-order valence-electron chi connectivity index (χ2n) is 6.35. The highest BCUT2D eigenvalue weighted by atomic mass is 16.5. The number of rotatable bonds is 5. The largest absolute Gasteiger partial charge is 0.497 e. The Balaban J connectivity index is 1.50. The molecule has 1 N–H and O–H groups in total. The first-order valence-corrected chi connectivity index (χ1v) is 8.66. The van der Waals surface area contributed by atoms with E-state index in [1.165, 1.54) is 7.11 Å². The number of hydrogen-bond donors (Lipinski definition) is 1. The minimum Gasteiger partial charge on any atom is -0.497 e. The van der Waals surface area contributed by atoms with E-state index in [1.54, 1.807) is 24.3 Å². The lowest BCUT2D eigenvalue weighted by Gasteiger charge is -2.16. The van der Waals surface area contributed by atoms with Crippen molar-refractivity contribution >= 4 is 29.2 Å². The summed E-state index contributed by atoms with van der Waals surface area (Å²) in [5.74, 6) is -2.09. The number of ether oxygens (including phenoxy) is 2. The van der Waals surface area contributed by atoms with Gasteiger partial charge in [-0.25, -0.2) is 9.69 Å². The average molecular weight is 379 g/mol. The van der Waals surface area contributed by atoms with Crippen LogP contribution in [0.5, 0.6) is 5.75 Å². The number of methoxy groups -OCH3 is 1. The van der Waals surface area contributed by atoms with E-state index in [4.69, 9.17) is 9.47 Å². The van der Waals surface area contributed by atoms with Crippen molar-refractivity contribution in [3.63, 3.8) is 0 Å². The lowest BCUT2D eigenvalue weighted by Crippen LogP contribution is -2.36. The number of esters is 1. The van der Waals surface area contributed by atoms with Crippen LogP contribution >= 0.6 is 0 Å². The summed E-state index contributed by atoms with van der Waals surface area (Å²) in [5, 5.41) is 3.89. The fourth-order valence-electron chi connectivity index (χ4n) is 3.24. The van der Waals surface area contributed by atoms with Crippen molar-refractivity contribution in [1.82, 2.24) is 5.43 Å². The highest BCUT2D eigenvalue weighted by Crippen LogP contribution is 2.31. The van der Waals surface area contributed by atoms with E-state index in [0.29, 0.717) is 11.4 Å². The Bertz CT molecular complexity index is 956. The number of carbonyl (C=O) groups is 3. The number of amides is 2. The van der Waals surface area contributed by atoms with Crippen molar-refractivity contribution < 1.29 is 23.9 Å². The van der Waals surface area contributed by atoms with Crippen molar-refractivity contribution in [2.45, 2.75) is 12.6 Å². The lowest BCUT2D eigenvalue weighted by molar-refractivity contribution is -0.137. The predicted octanol–water partition coefficient (Wildman–Crippen LogP) is 1.26. The standard InChI is InChI=1S/C20H17N3O5/c1-27-14-9-7-13(8-10-14)23-18(24)15-16(19(23)25)21-22-17(15)20(26)28-11-12-5-3-2-4-6-12/h2-10,15-16,21H,11H2,1H3/t15-,16+/m1/s1. The minimum absolute atomic E-state index is 0.0560. The minimum atomic E-state index is -1.00. The van der Waals surface area contributed by atoms with Gasteiger partial charge in [0, 0.05) is 0 Å². The first-order chi connectivity index (χ1) is 13.6. The molecule has 1 saturated heterocycles. The summed E-state index contributed by atoms with van der Waals surface area (Å²) in [7, 11) is 1.53. The van der Waals surface area contributed by atoms with Crippen molar-refractivity contribution in [3.05, 3.63) is 60.2 Å². The van der Waals surface area contributed by atoms with Crippen LogP contribution in [0.2, 0.25) is 0 Å². The van der Waals surface area contributed by atoms with Crippen LogP contribution in [-0.2, 0) is 25.7 Å². The molecule has 2 aromatic rings.